The number of aliphatic hydroxyl groups excluding tert-OH is 1. The molecule has 0 saturated carbocycles. The normalized spacial score (nSPS) is 16.6. The molecule has 1 saturated heterocycles. The lowest BCUT2D eigenvalue weighted by Gasteiger charge is -2.32. The molecule has 2 heterocycles. The minimum atomic E-state index is -0.840. The first-order chi connectivity index (χ1) is 17.6. The largest absolute Gasteiger partial charge is 0.454 e. The number of likely N-dealkylation sites (tertiary alicyclic amines) is 1. The van der Waals surface area contributed by atoms with Gasteiger partial charge in [0.05, 0.1) is 12.1 Å². The number of aromatic nitrogens is 2. The first-order valence-electron chi connectivity index (χ1n) is 11.7. The highest BCUT2D eigenvalue weighted by atomic mass is 19.1. The molecule has 2 aromatic carbocycles. The highest BCUT2D eigenvalue weighted by Crippen LogP contribution is 2.33. The summed E-state index contributed by atoms with van der Waals surface area (Å²) in [6.45, 7) is 2.43. The molecule has 0 bridgehead atoms. The van der Waals surface area contributed by atoms with Crippen LogP contribution in [0.25, 0.3) is 11.3 Å². The summed E-state index contributed by atoms with van der Waals surface area (Å²) in [6.07, 6.45) is 3.39. The van der Waals surface area contributed by atoms with Gasteiger partial charge >= 0.3 is 0 Å². The summed E-state index contributed by atoms with van der Waals surface area (Å²) in [5, 5.41) is 14.0. The van der Waals surface area contributed by atoms with E-state index in [1.807, 2.05) is 0 Å². The first-order valence-corrected chi connectivity index (χ1v) is 11.7. The van der Waals surface area contributed by atoms with E-state index >= 15 is 0 Å². The number of amides is 2. The number of nitrogens with zero attached hydrogens (tertiary/aromatic N) is 3. The standard InChI is InChI=1S/C26H27F2N5O4/c1-15(34)4-11-22(35)32-12-2-3-18(14-32)33-25(29)23(26(30)36)24(31-33)16-5-8-19(9-6-16)37-21-10-7-17(27)13-20(21)28/h4-11,13,15,18,34H,2-3,12,14,29H2,1H3,(H2,30,36)/t15-,18?/m0/s1. The van der Waals surface area contributed by atoms with Crippen LogP contribution in [-0.4, -0.2) is 50.8 Å². The summed E-state index contributed by atoms with van der Waals surface area (Å²) in [4.78, 5) is 26.4. The molecule has 4 rings (SSSR count). The molecule has 0 radical (unpaired) electrons. The molecule has 37 heavy (non-hydrogen) atoms. The van der Waals surface area contributed by atoms with Gasteiger partial charge in [0.25, 0.3) is 5.91 Å². The van der Waals surface area contributed by atoms with Crippen LogP contribution in [-0.2, 0) is 4.79 Å². The lowest BCUT2D eigenvalue weighted by Crippen LogP contribution is -2.40. The number of aliphatic hydroxyl groups is 1. The number of halogens is 2. The molecule has 3 aromatic rings. The van der Waals surface area contributed by atoms with Crippen LogP contribution in [0.2, 0.25) is 0 Å². The molecule has 2 atom stereocenters. The van der Waals surface area contributed by atoms with E-state index in [0.29, 0.717) is 31.5 Å². The monoisotopic (exact) mass is 511 g/mol. The highest BCUT2D eigenvalue weighted by Gasteiger charge is 2.29. The summed E-state index contributed by atoms with van der Waals surface area (Å²) in [7, 11) is 0. The second-order valence-electron chi connectivity index (χ2n) is 8.80. The van der Waals surface area contributed by atoms with E-state index in [0.717, 1.165) is 12.1 Å². The van der Waals surface area contributed by atoms with E-state index in [2.05, 4.69) is 5.10 Å². The van der Waals surface area contributed by atoms with E-state index in [9.17, 15) is 23.5 Å². The van der Waals surface area contributed by atoms with Crippen LogP contribution in [0.3, 0.4) is 0 Å². The van der Waals surface area contributed by atoms with Gasteiger partial charge in [-0.2, -0.15) is 5.10 Å². The Balaban J connectivity index is 1.59. The molecule has 11 heteroatoms. The third kappa shape index (κ3) is 5.78. The van der Waals surface area contributed by atoms with Crippen LogP contribution in [0.15, 0.2) is 54.6 Å². The predicted octanol–water partition coefficient (Wildman–Crippen LogP) is 3.40. The number of hydrogen-bond acceptors (Lipinski definition) is 6. The Morgan fingerprint density at radius 2 is 1.95 bits per heavy atom. The summed E-state index contributed by atoms with van der Waals surface area (Å²) < 4.78 is 34.1. The number of primary amides is 1. The van der Waals surface area contributed by atoms with Crippen molar-refractivity contribution < 1.29 is 28.2 Å². The Labute approximate surface area is 211 Å². The molecule has 194 valence electrons. The number of rotatable bonds is 7. The van der Waals surface area contributed by atoms with E-state index in [1.165, 1.54) is 22.9 Å². The van der Waals surface area contributed by atoms with Gasteiger partial charge in [-0.15, -0.1) is 0 Å². The van der Waals surface area contributed by atoms with Gasteiger partial charge in [0.15, 0.2) is 11.6 Å². The molecule has 2 amide bonds. The van der Waals surface area contributed by atoms with Gasteiger partial charge in [-0.3, -0.25) is 9.59 Å². The Morgan fingerprint density at radius 1 is 1.22 bits per heavy atom. The molecule has 0 spiro atoms. The maximum atomic E-state index is 13.9. The number of carbonyl (C=O) groups excluding carboxylic acids is 2. The zero-order valence-electron chi connectivity index (χ0n) is 20.1. The topological polar surface area (TPSA) is 137 Å². The fourth-order valence-corrected chi connectivity index (χ4v) is 4.22. The number of anilines is 1. The summed E-state index contributed by atoms with van der Waals surface area (Å²) >= 11 is 0. The van der Waals surface area contributed by atoms with Crippen LogP contribution < -0.4 is 16.2 Å². The number of benzene rings is 2. The number of nitrogen functional groups attached to an aromatic ring is 1. The zero-order valence-corrected chi connectivity index (χ0v) is 20.1. The Hall–Kier alpha value is -4.25. The molecule has 5 N–H and O–H groups in total. The zero-order chi connectivity index (χ0) is 26.7. The van der Waals surface area contributed by atoms with Crippen molar-refractivity contribution in [3.63, 3.8) is 0 Å². The fourth-order valence-electron chi connectivity index (χ4n) is 4.22. The van der Waals surface area contributed by atoms with Crippen molar-refractivity contribution >= 4 is 17.6 Å². The summed E-state index contributed by atoms with van der Waals surface area (Å²) in [5.74, 6) is -2.30. The molecule has 1 aliphatic rings. The van der Waals surface area contributed by atoms with Gasteiger partial charge in [-0.25, -0.2) is 13.5 Å². The Kier molecular flexibility index (Phi) is 7.53. The van der Waals surface area contributed by atoms with Crippen LogP contribution in [0.4, 0.5) is 14.6 Å². The highest BCUT2D eigenvalue weighted by molar-refractivity contribution is 6.03. The molecular weight excluding hydrogens is 484 g/mol. The third-order valence-corrected chi connectivity index (χ3v) is 6.01. The average molecular weight is 512 g/mol. The van der Waals surface area contributed by atoms with Crippen molar-refractivity contribution in [1.29, 1.82) is 0 Å². The van der Waals surface area contributed by atoms with Crippen molar-refractivity contribution in [3.05, 3.63) is 71.8 Å². The maximum absolute atomic E-state index is 13.9. The second kappa shape index (κ2) is 10.8. The number of ether oxygens (including phenoxy) is 1. The van der Waals surface area contributed by atoms with Gasteiger partial charge in [0.1, 0.15) is 28.6 Å². The van der Waals surface area contributed by atoms with Gasteiger partial charge in [0, 0.05) is 30.8 Å². The van der Waals surface area contributed by atoms with Crippen molar-refractivity contribution in [2.45, 2.75) is 31.9 Å². The molecule has 1 fully saturated rings. The minimum Gasteiger partial charge on any atom is -0.454 e. The molecule has 1 unspecified atom stereocenters. The van der Waals surface area contributed by atoms with Crippen molar-refractivity contribution in [1.82, 2.24) is 14.7 Å². The predicted molar refractivity (Wildman–Crippen MR) is 133 cm³/mol. The quantitative estimate of drug-likeness (QED) is 0.416. The van der Waals surface area contributed by atoms with Crippen LogP contribution >= 0.6 is 0 Å². The van der Waals surface area contributed by atoms with Crippen molar-refractivity contribution in [2.75, 3.05) is 18.8 Å². The average Bonchev–Trinajstić information content (AvgIpc) is 3.22. The maximum Gasteiger partial charge on any atom is 0.254 e. The second-order valence-corrected chi connectivity index (χ2v) is 8.80. The third-order valence-electron chi connectivity index (χ3n) is 6.01. The van der Waals surface area contributed by atoms with Crippen molar-refractivity contribution in [2.24, 2.45) is 5.73 Å². The van der Waals surface area contributed by atoms with Crippen LogP contribution in [0, 0.1) is 11.6 Å². The number of nitrogens with two attached hydrogens (primary N) is 2. The first kappa shape index (κ1) is 25.8. The van der Waals surface area contributed by atoms with E-state index < -0.39 is 23.6 Å². The lowest BCUT2D eigenvalue weighted by atomic mass is 10.1. The van der Waals surface area contributed by atoms with E-state index in [-0.39, 0.29) is 40.5 Å². The summed E-state index contributed by atoms with van der Waals surface area (Å²) in [6, 6.07) is 9.05. The molecule has 0 aliphatic carbocycles. The number of piperidine rings is 1. The Morgan fingerprint density at radius 3 is 2.59 bits per heavy atom. The lowest BCUT2D eigenvalue weighted by molar-refractivity contribution is -0.127. The van der Waals surface area contributed by atoms with Crippen LogP contribution in [0.1, 0.15) is 36.2 Å². The molecule has 1 aliphatic heterocycles. The minimum absolute atomic E-state index is 0.0516. The van der Waals surface area contributed by atoms with Gasteiger partial charge in [-0.1, -0.05) is 6.08 Å². The number of carbonyl (C=O) groups is 2. The van der Waals surface area contributed by atoms with Crippen molar-refractivity contribution in [3.8, 4) is 22.8 Å². The Bertz CT molecular complexity index is 1340. The molecule has 9 nitrogen and oxygen atoms in total. The molecule has 1 aromatic heterocycles. The summed E-state index contributed by atoms with van der Waals surface area (Å²) in [5.41, 5.74) is 12.8. The van der Waals surface area contributed by atoms with E-state index in [4.69, 9.17) is 16.2 Å². The van der Waals surface area contributed by atoms with Gasteiger partial charge < -0.3 is 26.2 Å². The van der Waals surface area contributed by atoms with Crippen LogP contribution in [0.5, 0.6) is 11.5 Å². The number of hydrogen-bond donors (Lipinski definition) is 3. The van der Waals surface area contributed by atoms with E-state index in [1.54, 1.807) is 36.1 Å². The van der Waals surface area contributed by atoms with Gasteiger partial charge in [-0.05, 0) is 56.2 Å². The molecular formula is C26H27F2N5O4. The fraction of sp³-hybridized carbons (Fsp3) is 0.269. The SMILES string of the molecule is C[C@H](O)C=CC(=O)N1CCCC(n2nc(-c3ccc(Oc4ccc(F)cc4F)cc3)c(C(N)=O)c2N)C1. The van der Waals surface area contributed by atoms with Gasteiger partial charge in [0.2, 0.25) is 5.91 Å². The smallest absolute Gasteiger partial charge is 0.254 e.